The maximum absolute atomic E-state index is 5.10. The van der Waals surface area contributed by atoms with Crippen LogP contribution < -0.4 is 4.90 Å². The van der Waals surface area contributed by atoms with Gasteiger partial charge in [0.05, 0.1) is 11.2 Å². The molecule has 128 valence electrons. The van der Waals surface area contributed by atoms with Crippen LogP contribution in [0.4, 0.5) is 5.69 Å². The van der Waals surface area contributed by atoms with Gasteiger partial charge in [-0.2, -0.15) is 0 Å². The molecule has 0 amide bonds. The zero-order chi connectivity index (χ0) is 17.3. The first kappa shape index (κ1) is 15.4. The van der Waals surface area contributed by atoms with Crippen molar-refractivity contribution in [2.24, 2.45) is 0 Å². The van der Waals surface area contributed by atoms with E-state index in [1.165, 1.54) is 46.7 Å². The molecule has 1 fully saturated rings. The van der Waals surface area contributed by atoms with E-state index in [9.17, 15) is 0 Å². The molecule has 4 aromatic rings. The first-order valence-corrected chi connectivity index (χ1v) is 9.53. The first-order chi connectivity index (χ1) is 12.9. The second kappa shape index (κ2) is 6.45. The molecule has 0 N–H and O–H groups in total. The number of hydrogen-bond acceptors (Lipinski definition) is 2. The Balaban J connectivity index is 1.82. The lowest BCUT2D eigenvalue weighted by molar-refractivity contribution is 0.579. The number of rotatable bonds is 2. The summed E-state index contributed by atoms with van der Waals surface area (Å²) in [6.45, 7) is 2.28. The fourth-order valence-corrected chi connectivity index (χ4v) is 4.10. The monoisotopic (exact) mass is 338 g/mol. The van der Waals surface area contributed by atoms with Gasteiger partial charge in [0.25, 0.3) is 0 Å². The summed E-state index contributed by atoms with van der Waals surface area (Å²) < 4.78 is 0. The molecule has 26 heavy (non-hydrogen) atoms. The average molecular weight is 338 g/mol. The molecule has 5 rings (SSSR count). The first-order valence-electron chi connectivity index (χ1n) is 9.53. The van der Waals surface area contributed by atoms with Gasteiger partial charge in [-0.05, 0) is 30.7 Å². The molecule has 2 heterocycles. The molecule has 1 saturated heterocycles. The van der Waals surface area contributed by atoms with Gasteiger partial charge in [-0.3, -0.25) is 0 Å². The Morgan fingerprint density at radius 3 is 2.31 bits per heavy atom. The number of hydrogen-bond donors (Lipinski definition) is 0. The quantitative estimate of drug-likeness (QED) is 0.414. The van der Waals surface area contributed by atoms with Gasteiger partial charge in [-0.15, -0.1) is 0 Å². The van der Waals surface area contributed by atoms with Gasteiger partial charge >= 0.3 is 0 Å². The van der Waals surface area contributed by atoms with Crippen molar-refractivity contribution in [3.05, 3.63) is 72.8 Å². The number of fused-ring (bicyclic) bond motifs is 3. The summed E-state index contributed by atoms with van der Waals surface area (Å²) in [5.74, 6) is 0. The van der Waals surface area contributed by atoms with Gasteiger partial charge in [-0.1, -0.05) is 66.7 Å². The van der Waals surface area contributed by atoms with Crippen LogP contribution in [0.15, 0.2) is 72.8 Å². The average Bonchev–Trinajstić information content (AvgIpc) is 2.74. The van der Waals surface area contributed by atoms with E-state index in [4.69, 9.17) is 4.98 Å². The Hall–Kier alpha value is -2.87. The van der Waals surface area contributed by atoms with Crippen molar-refractivity contribution in [3.63, 3.8) is 0 Å². The van der Waals surface area contributed by atoms with Crippen LogP contribution >= 0.6 is 0 Å². The molecule has 2 heteroatoms. The molecular weight excluding hydrogens is 316 g/mol. The maximum atomic E-state index is 5.10. The predicted octanol–water partition coefficient (Wildman–Crippen LogP) is 6.05. The van der Waals surface area contributed by atoms with Crippen LogP contribution in [0.1, 0.15) is 19.3 Å². The predicted molar refractivity (Wildman–Crippen MR) is 111 cm³/mol. The summed E-state index contributed by atoms with van der Waals surface area (Å²) in [5, 5.41) is 3.76. The largest absolute Gasteiger partial charge is 0.371 e. The zero-order valence-corrected chi connectivity index (χ0v) is 14.9. The molecule has 0 saturated carbocycles. The molecule has 2 nitrogen and oxygen atoms in total. The highest BCUT2D eigenvalue weighted by Crippen LogP contribution is 2.35. The van der Waals surface area contributed by atoms with Crippen molar-refractivity contribution in [2.45, 2.75) is 19.3 Å². The second-order valence-electron chi connectivity index (χ2n) is 7.12. The van der Waals surface area contributed by atoms with Crippen molar-refractivity contribution in [1.82, 2.24) is 4.98 Å². The molecule has 0 spiro atoms. The Bertz CT molecular complexity index is 1060. The molecule has 0 unspecified atom stereocenters. The Labute approximate surface area is 154 Å². The number of nitrogens with zero attached hydrogens (tertiary/aromatic N) is 2. The fourth-order valence-electron chi connectivity index (χ4n) is 4.10. The number of piperidine rings is 1. The third-order valence-corrected chi connectivity index (χ3v) is 5.45. The SMILES string of the molecule is c1ccc(-c2cc(N3CCCCC3)c3ccc4ccccc4c3n2)cc1. The zero-order valence-electron chi connectivity index (χ0n) is 14.9. The van der Waals surface area contributed by atoms with Crippen LogP contribution in [0.5, 0.6) is 0 Å². The Kier molecular flexibility index (Phi) is 3.82. The molecule has 3 aromatic carbocycles. The van der Waals surface area contributed by atoms with Gasteiger partial charge in [-0.25, -0.2) is 4.98 Å². The van der Waals surface area contributed by atoms with Crippen molar-refractivity contribution in [3.8, 4) is 11.3 Å². The summed E-state index contributed by atoms with van der Waals surface area (Å²) in [4.78, 5) is 7.65. The third-order valence-electron chi connectivity index (χ3n) is 5.45. The maximum Gasteiger partial charge on any atom is 0.0808 e. The van der Waals surface area contributed by atoms with E-state index in [0.29, 0.717) is 0 Å². The van der Waals surface area contributed by atoms with Crippen LogP contribution in [0.3, 0.4) is 0 Å². The van der Waals surface area contributed by atoms with Crippen LogP contribution in [0.25, 0.3) is 32.9 Å². The molecule has 0 atom stereocenters. The summed E-state index contributed by atoms with van der Waals surface area (Å²) in [7, 11) is 0. The summed E-state index contributed by atoms with van der Waals surface area (Å²) in [5.41, 5.74) is 4.69. The van der Waals surface area contributed by atoms with E-state index in [1.54, 1.807) is 0 Å². The van der Waals surface area contributed by atoms with Crippen molar-refractivity contribution < 1.29 is 0 Å². The van der Waals surface area contributed by atoms with Gasteiger partial charge in [0, 0.05) is 35.1 Å². The molecular formula is C24H22N2. The van der Waals surface area contributed by atoms with E-state index in [0.717, 1.165) is 24.3 Å². The van der Waals surface area contributed by atoms with Crippen molar-refractivity contribution >= 4 is 27.4 Å². The standard InChI is InChI=1S/C24H22N2/c1-3-10-19(11-4-1)22-17-23(26-15-7-2-8-16-26)21-14-13-18-9-5-6-12-20(18)24(21)25-22/h1,3-6,9-14,17H,2,7-8,15-16H2. The topological polar surface area (TPSA) is 16.1 Å². The number of benzene rings is 3. The van der Waals surface area contributed by atoms with Crippen molar-refractivity contribution in [1.29, 1.82) is 0 Å². The number of aromatic nitrogens is 1. The van der Waals surface area contributed by atoms with Crippen LogP contribution in [-0.4, -0.2) is 18.1 Å². The molecule has 0 bridgehead atoms. The van der Waals surface area contributed by atoms with Gasteiger partial charge in [0.1, 0.15) is 0 Å². The lowest BCUT2D eigenvalue weighted by Gasteiger charge is -2.30. The van der Waals surface area contributed by atoms with E-state index < -0.39 is 0 Å². The molecule has 0 aliphatic carbocycles. The van der Waals surface area contributed by atoms with Crippen molar-refractivity contribution in [2.75, 3.05) is 18.0 Å². The van der Waals surface area contributed by atoms with Gasteiger partial charge in [0.2, 0.25) is 0 Å². The van der Waals surface area contributed by atoms with E-state index in [-0.39, 0.29) is 0 Å². The summed E-state index contributed by atoms with van der Waals surface area (Å²) >= 11 is 0. The summed E-state index contributed by atoms with van der Waals surface area (Å²) in [6.07, 6.45) is 3.89. The Morgan fingerprint density at radius 2 is 1.46 bits per heavy atom. The summed E-state index contributed by atoms with van der Waals surface area (Å²) in [6, 6.07) is 25.9. The van der Waals surface area contributed by atoms with Crippen LogP contribution in [0, 0.1) is 0 Å². The minimum Gasteiger partial charge on any atom is -0.371 e. The van der Waals surface area contributed by atoms with E-state index in [1.807, 2.05) is 0 Å². The molecule has 1 aliphatic heterocycles. The second-order valence-corrected chi connectivity index (χ2v) is 7.12. The minimum atomic E-state index is 1.06. The Morgan fingerprint density at radius 1 is 0.692 bits per heavy atom. The minimum absolute atomic E-state index is 1.06. The molecule has 1 aliphatic rings. The highest BCUT2D eigenvalue weighted by molar-refractivity contribution is 6.10. The lowest BCUT2D eigenvalue weighted by atomic mass is 10.0. The van der Waals surface area contributed by atoms with Crippen LogP contribution in [-0.2, 0) is 0 Å². The van der Waals surface area contributed by atoms with Gasteiger partial charge in [0.15, 0.2) is 0 Å². The van der Waals surface area contributed by atoms with Crippen LogP contribution in [0.2, 0.25) is 0 Å². The van der Waals surface area contributed by atoms with Gasteiger partial charge < -0.3 is 4.90 Å². The number of pyridine rings is 1. The molecule has 1 aromatic heterocycles. The van der Waals surface area contributed by atoms with E-state index in [2.05, 4.69) is 77.7 Å². The molecule has 0 radical (unpaired) electrons. The fraction of sp³-hybridized carbons (Fsp3) is 0.208. The third kappa shape index (κ3) is 2.62. The highest BCUT2D eigenvalue weighted by atomic mass is 15.1. The van der Waals surface area contributed by atoms with E-state index >= 15 is 0 Å². The lowest BCUT2D eigenvalue weighted by Crippen LogP contribution is -2.29. The normalized spacial score (nSPS) is 14.8. The number of anilines is 1. The smallest absolute Gasteiger partial charge is 0.0808 e. The highest BCUT2D eigenvalue weighted by Gasteiger charge is 2.17.